The van der Waals surface area contributed by atoms with Crippen molar-refractivity contribution in [2.45, 2.75) is 45.3 Å². The van der Waals surface area contributed by atoms with E-state index in [1.165, 1.54) is 0 Å². The molecule has 1 N–H and O–H groups in total. The molecule has 38 heavy (non-hydrogen) atoms. The molecule has 3 aromatic carbocycles. The van der Waals surface area contributed by atoms with Crippen LogP contribution in [0.25, 0.3) is 0 Å². The first-order valence-electron chi connectivity index (χ1n) is 12.3. The van der Waals surface area contributed by atoms with Gasteiger partial charge in [-0.15, -0.1) is 0 Å². The maximum Gasteiger partial charge on any atom is 0.261 e. The van der Waals surface area contributed by atoms with Crippen LogP contribution in [-0.2, 0) is 22.6 Å². The van der Waals surface area contributed by atoms with E-state index in [1.54, 1.807) is 37.3 Å². The highest BCUT2D eigenvalue weighted by Crippen LogP contribution is 2.27. The number of hydrogen-bond donors (Lipinski definition) is 1. The van der Waals surface area contributed by atoms with Crippen molar-refractivity contribution < 1.29 is 23.8 Å². The first-order chi connectivity index (χ1) is 18.1. The van der Waals surface area contributed by atoms with Gasteiger partial charge in [0.25, 0.3) is 5.91 Å². The van der Waals surface area contributed by atoms with Gasteiger partial charge in [0.1, 0.15) is 23.3 Å². The van der Waals surface area contributed by atoms with E-state index >= 15 is 0 Å². The number of nitrogens with one attached hydrogen (secondary N) is 1. The summed E-state index contributed by atoms with van der Waals surface area (Å²) in [7, 11) is 3.09. The van der Waals surface area contributed by atoms with Gasteiger partial charge in [0, 0.05) is 41.2 Å². The van der Waals surface area contributed by atoms with Crippen LogP contribution in [0.1, 0.15) is 31.9 Å². The molecule has 202 valence electrons. The number of ether oxygens (including phenoxy) is 3. The zero-order valence-corrected chi connectivity index (χ0v) is 24.1. The minimum atomic E-state index is -0.758. The summed E-state index contributed by atoms with van der Waals surface area (Å²) in [5.41, 5.74) is 1.37. The van der Waals surface area contributed by atoms with E-state index in [-0.39, 0.29) is 25.0 Å². The molecule has 0 aliphatic heterocycles. The third-order valence-electron chi connectivity index (χ3n) is 5.70. The highest BCUT2D eigenvalue weighted by Gasteiger charge is 2.32. The molecule has 0 saturated carbocycles. The molecule has 0 aliphatic carbocycles. The summed E-state index contributed by atoms with van der Waals surface area (Å²) in [6.45, 7) is 5.73. The molecular formula is C30H35BrN2O5. The number of carbonyl (C=O) groups excluding carboxylic acids is 2. The fourth-order valence-corrected chi connectivity index (χ4v) is 4.38. The van der Waals surface area contributed by atoms with Gasteiger partial charge in [-0.05, 0) is 44.0 Å². The van der Waals surface area contributed by atoms with Crippen molar-refractivity contribution >= 4 is 27.7 Å². The van der Waals surface area contributed by atoms with Crippen LogP contribution < -0.4 is 19.5 Å². The van der Waals surface area contributed by atoms with Crippen LogP contribution in [-0.4, -0.2) is 49.1 Å². The van der Waals surface area contributed by atoms with Crippen LogP contribution in [0.15, 0.2) is 77.3 Å². The zero-order valence-electron chi connectivity index (χ0n) is 22.5. The van der Waals surface area contributed by atoms with Crippen molar-refractivity contribution in [1.29, 1.82) is 0 Å². The predicted molar refractivity (Wildman–Crippen MR) is 152 cm³/mol. The number of methoxy groups -OCH3 is 2. The minimum Gasteiger partial charge on any atom is -0.496 e. The summed E-state index contributed by atoms with van der Waals surface area (Å²) < 4.78 is 17.4. The summed E-state index contributed by atoms with van der Waals surface area (Å²) in [5, 5.41) is 3.06. The van der Waals surface area contributed by atoms with E-state index in [4.69, 9.17) is 14.2 Å². The van der Waals surface area contributed by atoms with Gasteiger partial charge in [0.05, 0.1) is 14.2 Å². The van der Waals surface area contributed by atoms with Gasteiger partial charge in [-0.2, -0.15) is 0 Å². The van der Waals surface area contributed by atoms with Crippen molar-refractivity contribution in [3.63, 3.8) is 0 Å². The van der Waals surface area contributed by atoms with Gasteiger partial charge in [-0.25, -0.2) is 0 Å². The Morgan fingerprint density at radius 1 is 0.868 bits per heavy atom. The second-order valence-corrected chi connectivity index (χ2v) is 10.8. The molecule has 0 unspecified atom stereocenters. The Bertz CT molecular complexity index is 1200. The van der Waals surface area contributed by atoms with Crippen molar-refractivity contribution in [3.8, 4) is 17.2 Å². The lowest BCUT2D eigenvalue weighted by Gasteiger charge is -2.33. The van der Waals surface area contributed by atoms with Crippen LogP contribution >= 0.6 is 15.9 Å². The third kappa shape index (κ3) is 8.80. The fraction of sp³-hybridized carbons (Fsp3) is 0.333. The minimum absolute atomic E-state index is 0.229. The average Bonchev–Trinajstić information content (AvgIpc) is 2.88. The summed E-state index contributed by atoms with van der Waals surface area (Å²) in [5.74, 6) is 0.966. The maximum atomic E-state index is 13.8. The van der Waals surface area contributed by atoms with Crippen molar-refractivity contribution in [2.75, 3.05) is 20.8 Å². The number of nitrogens with zero attached hydrogens (tertiary/aromatic N) is 1. The normalized spacial score (nSPS) is 11.8. The highest BCUT2D eigenvalue weighted by atomic mass is 79.9. The maximum absolute atomic E-state index is 13.8. The second kappa shape index (κ2) is 13.3. The number of halogens is 1. The SMILES string of the molecule is COc1cc(OC)cc(OCC(=O)N(Cc2cccc(Br)c2)[C@@H](Cc2ccccc2)C(=O)NC(C)(C)C)c1. The molecule has 0 aliphatic rings. The standard InChI is InChI=1S/C30H35BrN2O5/c1-30(2,3)32-29(35)27(15-21-10-7-6-8-11-21)33(19-22-12-9-13-23(31)14-22)28(34)20-38-26-17-24(36-4)16-25(18-26)37-5/h6-14,16-18,27H,15,19-20H2,1-5H3,(H,32,35)/t27-/m0/s1. The molecule has 8 heteroatoms. The van der Waals surface area contributed by atoms with Crippen LogP contribution in [0.2, 0.25) is 0 Å². The second-order valence-electron chi connectivity index (χ2n) is 9.93. The van der Waals surface area contributed by atoms with Crippen LogP contribution in [0.5, 0.6) is 17.2 Å². The fourth-order valence-electron chi connectivity index (χ4n) is 3.93. The van der Waals surface area contributed by atoms with E-state index in [0.717, 1.165) is 15.6 Å². The zero-order chi connectivity index (χ0) is 27.7. The summed E-state index contributed by atoms with van der Waals surface area (Å²) in [6, 6.07) is 21.7. The Hall–Kier alpha value is -3.52. The first-order valence-corrected chi connectivity index (χ1v) is 13.1. The largest absolute Gasteiger partial charge is 0.496 e. The molecule has 2 amide bonds. The number of hydrogen-bond acceptors (Lipinski definition) is 5. The molecule has 0 fully saturated rings. The molecule has 7 nitrogen and oxygen atoms in total. The van der Waals surface area contributed by atoms with Crippen LogP contribution in [0, 0.1) is 0 Å². The van der Waals surface area contributed by atoms with Gasteiger partial charge >= 0.3 is 0 Å². The Balaban J connectivity index is 1.94. The average molecular weight is 584 g/mol. The van der Waals surface area contributed by atoms with E-state index < -0.39 is 11.6 Å². The van der Waals surface area contributed by atoms with Gasteiger partial charge < -0.3 is 24.4 Å². The number of benzene rings is 3. The van der Waals surface area contributed by atoms with Crippen LogP contribution in [0.4, 0.5) is 0 Å². The van der Waals surface area contributed by atoms with E-state index in [9.17, 15) is 9.59 Å². The third-order valence-corrected chi connectivity index (χ3v) is 6.19. The summed E-state index contributed by atoms with van der Waals surface area (Å²) in [6.07, 6.45) is 0.357. The summed E-state index contributed by atoms with van der Waals surface area (Å²) >= 11 is 3.51. The molecule has 3 rings (SSSR count). The number of amides is 2. The number of carbonyl (C=O) groups is 2. The Morgan fingerprint density at radius 2 is 1.47 bits per heavy atom. The Labute approximate surface area is 233 Å². The van der Waals surface area contributed by atoms with Crippen LogP contribution in [0.3, 0.4) is 0 Å². The molecule has 0 heterocycles. The molecule has 0 saturated heterocycles. The van der Waals surface area contributed by atoms with Crippen molar-refractivity contribution in [1.82, 2.24) is 10.2 Å². The topological polar surface area (TPSA) is 77.1 Å². The van der Waals surface area contributed by atoms with E-state index in [2.05, 4.69) is 21.2 Å². The molecule has 0 radical (unpaired) electrons. The molecule has 0 aromatic heterocycles. The molecular weight excluding hydrogens is 548 g/mol. The highest BCUT2D eigenvalue weighted by molar-refractivity contribution is 9.10. The van der Waals surface area contributed by atoms with Gasteiger partial charge in [-0.3, -0.25) is 9.59 Å². The quantitative estimate of drug-likeness (QED) is 0.327. The Morgan fingerprint density at radius 3 is 2.05 bits per heavy atom. The van der Waals surface area contributed by atoms with E-state index in [1.807, 2.05) is 75.4 Å². The summed E-state index contributed by atoms with van der Waals surface area (Å²) in [4.78, 5) is 29.0. The van der Waals surface area contributed by atoms with Crippen molar-refractivity contribution in [2.24, 2.45) is 0 Å². The van der Waals surface area contributed by atoms with Gasteiger partial charge in [0.2, 0.25) is 5.91 Å². The van der Waals surface area contributed by atoms with Crippen molar-refractivity contribution in [3.05, 3.63) is 88.4 Å². The van der Waals surface area contributed by atoms with E-state index in [0.29, 0.717) is 23.7 Å². The molecule has 3 aromatic rings. The lowest BCUT2D eigenvalue weighted by Crippen LogP contribution is -2.55. The first kappa shape index (κ1) is 29.0. The van der Waals surface area contributed by atoms with Gasteiger partial charge in [0.15, 0.2) is 6.61 Å². The number of rotatable bonds is 11. The van der Waals surface area contributed by atoms with Gasteiger partial charge in [-0.1, -0.05) is 58.4 Å². The smallest absolute Gasteiger partial charge is 0.261 e. The molecule has 1 atom stereocenters. The lowest BCUT2D eigenvalue weighted by molar-refractivity contribution is -0.143. The monoisotopic (exact) mass is 582 g/mol. The Kier molecular flexibility index (Phi) is 10.2. The predicted octanol–water partition coefficient (Wildman–Crippen LogP) is 5.40. The molecule has 0 spiro atoms. The lowest BCUT2D eigenvalue weighted by atomic mass is 10.0. The molecule has 0 bridgehead atoms.